The van der Waals surface area contributed by atoms with Gasteiger partial charge in [0, 0.05) is 12.1 Å². The minimum atomic E-state index is -4.31. The molecular formula is C9H11N2O7P. The van der Waals surface area contributed by atoms with Gasteiger partial charge in [0.05, 0.1) is 21.8 Å². The zero-order valence-electron chi connectivity index (χ0n) is 10.1. The molecule has 0 bridgehead atoms. The summed E-state index contributed by atoms with van der Waals surface area (Å²) in [5.74, 6) is 0. The van der Waals surface area contributed by atoms with Gasteiger partial charge in [0.25, 0.3) is 11.4 Å². The smallest absolute Gasteiger partial charge is 0.321 e. The third-order valence-electron chi connectivity index (χ3n) is 2.36. The Bertz CT molecular complexity index is 551. The van der Waals surface area contributed by atoms with Gasteiger partial charge in [-0.15, -0.1) is 0 Å². The van der Waals surface area contributed by atoms with Gasteiger partial charge < -0.3 is 9.42 Å². The highest BCUT2D eigenvalue weighted by molar-refractivity contribution is 7.61. The normalized spacial score (nSPS) is 13.8. The highest BCUT2D eigenvalue weighted by Crippen LogP contribution is 2.43. The fourth-order valence-corrected chi connectivity index (χ4v) is 2.53. The van der Waals surface area contributed by atoms with Crippen LogP contribution in [0.25, 0.3) is 0 Å². The van der Waals surface area contributed by atoms with Crippen molar-refractivity contribution in [3.05, 3.63) is 37.9 Å². The van der Waals surface area contributed by atoms with Crippen LogP contribution in [0.3, 0.4) is 0 Å². The maximum atomic E-state index is 11.8. The van der Waals surface area contributed by atoms with E-state index < -0.39 is 34.1 Å². The van der Waals surface area contributed by atoms with Crippen LogP contribution in [0.15, 0.2) is 12.1 Å². The van der Waals surface area contributed by atoms with Crippen LogP contribution in [0.4, 0.5) is 11.4 Å². The van der Waals surface area contributed by atoms with Crippen LogP contribution in [-0.2, 0) is 9.09 Å². The molecule has 0 saturated carbocycles. The van der Waals surface area contributed by atoms with Crippen molar-refractivity contribution >= 4 is 24.3 Å². The predicted octanol–water partition coefficient (Wildman–Crippen LogP) is 1.66. The average Bonchev–Trinajstić information content (AvgIpc) is 2.27. The van der Waals surface area contributed by atoms with Gasteiger partial charge in [0.1, 0.15) is 5.56 Å². The topological polar surface area (TPSA) is 133 Å². The number of nitro groups is 2. The maximum absolute atomic E-state index is 11.8. The Morgan fingerprint density at radius 1 is 1.26 bits per heavy atom. The second kappa shape index (κ2) is 5.43. The number of hydrogen-bond acceptors (Lipinski definition) is 6. The summed E-state index contributed by atoms with van der Waals surface area (Å²) in [6.07, 6.45) is 0. The van der Waals surface area contributed by atoms with Gasteiger partial charge in [-0.2, -0.15) is 0 Å². The molecule has 0 amide bonds. The molecule has 0 spiro atoms. The lowest BCUT2D eigenvalue weighted by Gasteiger charge is -2.11. The van der Waals surface area contributed by atoms with E-state index in [1.807, 2.05) is 0 Å². The molecule has 0 aliphatic heterocycles. The minimum absolute atomic E-state index is 0.108. The molecule has 1 rings (SSSR count). The Kier molecular flexibility index (Phi) is 4.35. The number of benzene rings is 1. The fraction of sp³-hybridized carbons (Fsp3) is 0.333. The van der Waals surface area contributed by atoms with Crippen LogP contribution in [0.1, 0.15) is 12.5 Å². The third-order valence-corrected chi connectivity index (χ3v) is 3.88. The number of rotatable bonds is 5. The molecule has 1 unspecified atom stereocenters. The van der Waals surface area contributed by atoms with E-state index in [1.165, 1.54) is 13.8 Å². The van der Waals surface area contributed by atoms with Crippen LogP contribution < -0.4 is 5.30 Å². The largest absolute Gasteiger partial charge is 0.359 e. The van der Waals surface area contributed by atoms with Crippen LogP contribution in [-0.4, -0.2) is 21.3 Å². The molecule has 1 aromatic rings. The molecule has 9 nitrogen and oxygen atoms in total. The molecule has 0 aromatic heterocycles. The summed E-state index contributed by atoms with van der Waals surface area (Å²) < 4.78 is 16.4. The van der Waals surface area contributed by atoms with Gasteiger partial charge in [-0.05, 0) is 13.8 Å². The Labute approximate surface area is 107 Å². The van der Waals surface area contributed by atoms with Crippen molar-refractivity contribution in [2.45, 2.75) is 13.8 Å². The summed E-state index contributed by atoms with van der Waals surface area (Å²) >= 11 is 0. The molecule has 1 atom stereocenters. The van der Waals surface area contributed by atoms with Crippen molar-refractivity contribution < 1.29 is 23.8 Å². The SMILES string of the molecule is CCOP(=O)(O)c1cc([N+](=O)[O-])c(C)c([N+](=O)[O-])c1. The van der Waals surface area contributed by atoms with E-state index in [1.54, 1.807) is 0 Å². The number of nitro benzene ring substituents is 2. The van der Waals surface area contributed by atoms with Crippen molar-refractivity contribution in [1.82, 2.24) is 0 Å². The van der Waals surface area contributed by atoms with Gasteiger partial charge in [-0.1, -0.05) is 0 Å². The molecule has 0 heterocycles. The summed E-state index contributed by atoms with van der Waals surface area (Å²) in [6, 6.07) is 1.64. The monoisotopic (exact) mass is 290 g/mol. The summed E-state index contributed by atoms with van der Waals surface area (Å²) in [4.78, 5) is 29.5. The first-order valence-corrected chi connectivity index (χ1v) is 6.69. The first-order valence-electron chi connectivity index (χ1n) is 5.12. The molecule has 0 aliphatic rings. The van der Waals surface area contributed by atoms with E-state index in [2.05, 4.69) is 4.52 Å². The summed E-state index contributed by atoms with van der Waals surface area (Å²) in [6.45, 7) is 2.55. The van der Waals surface area contributed by atoms with Gasteiger partial charge in [0.2, 0.25) is 0 Å². The predicted molar refractivity (Wildman–Crippen MR) is 65.6 cm³/mol. The van der Waals surface area contributed by atoms with Crippen LogP contribution in [0.5, 0.6) is 0 Å². The van der Waals surface area contributed by atoms with Crippen LogP contribution in [0, 0.1) is 27.2 Å². The van der Waals surface area contributed by atoms with Crippen molar-refractivity contribution in [3.8, 4) is 0 Å². The third kappa shape index (κ3) is 3.14. The molecule has 0 fully saturated rings. The lowest BCUT2D eigenvalue weighted by atomic mass is 10.1. The second-order valence-electron chi connectivity index (χ2n) is 3.56. The van der Waals surface area contributed by atoms with Gasteiger partial charge in [-0.3, -0.25) is 24.8 Å². The first-order chi connectivity index (χ1) is 8.70. The highest BCUT2D eigenvalue weighted by atomic mass is 31.2. The molecule has 0 saturated heterocycles. The Hall–Kier alpha value is -1.83. The van der Waals surface area contributed by atoms with E-state index in [4.69, 9.17) is 0 Å². The van der Waals surface area contributed by atoms with Gasteiger partial charge >= 0.3 is 7.60 Å². The van der Waals surface area contributed by atoms with Crippen molar-refractivity contribution in [2.24, 2.45) is 0 Å². The Morgan fingerprint density at radius 3 is 2.00 bits per heavy atom. The van der Waals surface area contributed by atoms with Crippen molar-refractivity contribution in [2.75, 3.05) is 6.61 Å². The molecule has 1 aromatic carbocycles. The highest BCUT2D eigenvalue weighted by Gasteiger charge is 2.31. The van der Waals surface area contributed by atoms with Crippen LogP contribution >= 0.6 is 7.60 Å². The zero-order chi connectivity index (χ0) is 14.8. The zero-order valence-corrected chi connectivity index (χ0v) is 11.0. The van der Waals surface area contributed by atoms with Crippen LogP contribution in [0.2, 0.25) is 0 Å². The maximum Gasteiger partial charge on any atom is 0.359 e. The van der Waals surface area contributed by atoms with E-state index >= 15 is 0 Å². The molecular weight excluding hydrogens is 279 g/mol. The first kappa shape index (κ1) is 15.2. The summed E-state index contributed by atoms with van der Waals surface area (Å²) in [5, 5.41) is 21.1. The average molecular weight is 290 g/mol. The lowest BCUT2D eigenvalue weighted by molar-refractivity contribution is -0.395. The molecule has 19 heavy (non-hydrogen) atoms. The number of nitrogens with zero attached hydrogens (tertiary/aromatic N) is 2. The molecule has 0 radical (unpaired) electrons. The Morgan fingerprint density at radius 2 is 1.68 bits per heavy atom. The Balaban J connectivity index is 3.56. The summed E-state index contributed by atoms with van der Waals surface area (Å²) in [7, 11) is -4.31. The molecule has 0 aliphatic carbocycles. The number of hydrogen-bond donors (Lipinski definition) is 1. The molecule has 10 heteroatoms. The fourth-order valence-electron chi connectivity index (χ4n) is 1.46. The van der Waals surface area contributed by atoms with E-state index in [0.717, 1.165) is 12.1 Å². The van der Waals surface area contributed by atoms with Crippen molar-refractivity contribution in [3.63, 3.8) is 0 Å². The van der Waals surface area contributed by atoms with Crippen molar-refractivity contribution in [1.29, 1.82) is 0 Å². The van der Waals surface area contributed by atoms with E-state index in [0.29, 0.717) is 0 Å². The minimum Gasteiger partial charge on any atom is -0.321 e. The van der Waals surface area contributed by atoms with Gasteiger partial charge in [-0.25, -0.2) is 0 Å². The quantitative estimate of drug-likeness (QED) is 0.495. The van der Waals surface area contributed by atoms with Gasteiger partial charge in [0.15, 0.2) is 0 Å². The van der Waals surface area contributed by atoms with E-state index in [-0.39, 0.29) is 12.2 Å². The second-order valence-corrected chi connectivity index (χ2v) is 5.38. The van der Waals surface area contributed by atoms with E-state index in [9.17, 15) is 29.7 Å². The summed E-state index contributed by atoms with van der Waals surface area (Å²) in [5.41, 5.74) is -1.38. The lowest BCUT2D eigenvalue weighted by Crippen LogP contribution is -2.11. The molecule has 1 N–H and O–H groups in total. The standard InChI is InChI=1S/C9H11N2O7P/c1-3-18-19(16,17)7-4-8(10(12)13)6(2)9(5-7)11(14)15/h4-5H,3H2,1-2H3,(H,16,17). The molecule has 104 valence electrons.